The molecule has 1 aromatic carbocycles. The lowest BCUT2D eigenvalue weighted by Crippen LogP contribution is -2.14. The van der Waals surface area contributed by atoms with Gasteiger partial charge in [0.15, 0.2) is 5.65 Å². The molecule has 28 heavy (non-hydrogen) atoms. The summed E-state index contributed by atoms with van der Waals surface area (Å²) >= 11 is 0. The van der Waals surface area contributed by atoms with E-state index in [1.54, 1.807) is 4.68 Å². The van der Waals surface area contributed by atoms with Gasteiger partial charge in [0.1, 0.15) is 0 Å². The van der Waals surface area contributed by atoms with Gasteiger partial charge in [-0.25, -0.2) is 4.98 Å². The summed E-state index contributed by atoms with van der Waals surface area (Å²) in [4.78, 5) is 22.7. The van der Waals surface area contributed by atoms with E-state index in [1.165, 1.54) is 0 Å². The third-order valence-corrected chi connectivity index (χ3v) is 5.34. The molecule has 6 nitrogen and oxygen atoms in total. The van der Waals surface area contributed by atoms with Crippen LogP contribution in [0.5, 0.6) is 0 Å². The van der Waals surface area contributed by atoms with E-state index >= 15 is 0 Å². The van der Waals surface area contributed by atoms with Crippen molar-refractivity contribution in [2.45, 2.75) is 32.6 Å². The molecule has 1 aliphatic carbocycles. The van der Waals surface area contributed by atoms with Crippen LogP contribution in [0.4, 0.5) is 5.69 Å². The monoisotopic (exact) mass is 371 g/mol. The number of rotatable bonds is 3. The van der Waals surface area contributed by atoms with Crippen LogP contribution >= 0.6 is 0 Å². The van der Waals surface area contributed by atoms with Crippen molar-refractivity contribution >= 4 is 33.5 Å². The third-order valence-electron chi connectivity index (χ3n) is 5.34. The second-order valence-electron chi connectivity index (χ2n) is 7.56. The molecule has 1 aliphatic rings. The first-order valence-electron chi connectivity index (χ1n) is 9.53. The SMILES string of the molecule is Cc1ccc2cccc(NC(=O)c3cc(C4CC4)nc4c3c(C)nn4C)c2n1. The molecule has 0 atom stereocenters. The number of fused-ring (bicyclic) bond motifs is 2. The van der Waals surface area contributed by atoms with Crippen LogP contribution in [0.1, 0.15) is 46.2 Å². The van der Waals surface area contributed by atoms with Crippen molar-refractivity contribution in [3.8, 4) is 0 Å². The van der Waals surface area contributed by atoms with E-state index in [2.05, 4.69) is 15.4 Å². The molecule has 0 aliphatic heterocycles. The Morgan fingerprint density at radius 2 is 1.96 bits per heavy atom. The molecule has 0 unspecified atom stereocenters. The maximum atomic E-state index is 13.3. The van der Waals surface area contributed by atoms with E-state index in [4.69, 9.17) is 4.98 Å². The van der Waals surface area contributed by atoms with Crippen LogP contribution in [0.25, 0.3) is 21.9 Å². The van der Waals surface area contributed by atoms with Crippen molar-refractivity contribution in [1.82, 2.24) is 19.7 Å². The van der Waals surface area contributed by atoms with Crippen molar-refractivity contribution in [2.24, 2.45) is 7.05 Å². The lowest BCUT2D eigenvalue weighted by molar-refractivity contribution is 0.102. The van der Waals surface area contributed by atoms with E-state index < -0.39 is 0 Å². The van der Waals surface area contributed by atoms with Crippen LogP contribution in [-0.2, 0) is 7.05 Å². The highest BCUT2D eigenvalue weighted by Crippen LogP contribution is 2.40. The minimum Gasteiger partial charge on any atom is -0.320 e. The van der Waals surface area contributed by atoms with Crippen LogP contribution in [0.15, 0.2) is 36.4 Å². The quantitative estimate of drug-likeness (QED) is 0.584. The molecule has 1 amide bonds. The second-order valence-corrected chi connectivity index (χ2v) is 7.56. The fraction of sp³-hybridized carbons (Fsp3) is 0.273. The van der Waals surface area contributed by atoms with Crippen molar-refractivity contribution in [1.29, 1.82) is 0 Å². The highest BCUT2D eigenvalue weighted by atomic mass is 16.1. The molecule has 140 valence electrons. The van der Waals surface area contributed by atoms with E-state index in [-0.39, 0.29) is 5.91 Å². The predicted octanol–water partition coefficient (Wildman–Crippen LogP) is 4.26. The number of anilines is 1. The molecule has 3 aromatic heterocycles. The molecule has 1 fully saturated rings. The summed E-state index contributed by atoms with van der Waals surface area (Å²) in [5.41, 5.74) is 5.61. The summed E-state index contributed by atoms with van der Waals surface area (Å²) in [7, 11) is 1.87. The summed E-state index contributed by atoms with van der Waals surface area (Å²) in [5.74, 6) is 0.300. The van der Waals surface area contributed by atoms with Gasteiger partial charge in [0.05, 0.1) is 27.8 Å². The molecular formula is C22H21N5O. The molecular weight excluding hydrogens is 350 g/mol. The Hall–Kier alpha value is -3.28. The average molecular weight is 371 g/mol. The second kappa shape index (κ2) is 6.12. The standard InChI is InChI=1S/C22H21N5O/c1-12-7-8-15-5-4-6-17(20(15)23-12)25-22(28)16-11-18(14-9-10-14)24-21-19(16)13(2)26-27(21)3/h4-8,11,14H,9-10H2,1-3H3,(H,25,28). The number of amides is 1. The molecule has 3 heterocycles. The number of aryl methyl sites for hydroxylation is 3. The number of hydrogen-bond acceptors (Lipinski definition) is 4. The first kappa shape index (κ1) is 16.9. The van der Waals surface area contributed by atoms with E-state index in [0.29, 0.717) is 17.2 Å². The van der Waals surface area contributed by atoms with Crippen molar-refractivity contribution in [3.05, 3.63) is 59.0 Å². The van der Waals surface area contributed by atoms with Gasteiger partial charge in [-0.2, -0.15) is 5.10 Å². The molecule has 1 saturated carbocycles. The zero-order valence-electron chi connectivity index (χ0n) is 16.2. The number of hydrogen-bond donors (Lipinski definition) is 1. The van der Waals surface area contributed by atoms with Crippen LogP contribution in [0.2, 0.25) is 0 Å². The summed E-state index contributed by atoms with van der Waals surface area (Å²) in [6.07, 6.45) is 2.26. The van der Waals surface area contributed by atoms with Crippen LogP contribution in [0, 0.1) is 13.8 Å². The molecule has 5 rings (SSSR count). The molecule has 0 saturated heterocycles. The molecule has 1 N–H and O–H groups in total. The van der Waals surface area contributed by atoms with Crippen LogP contribution in [-0.4, -0.2) is 25.7 Å². The minimum absolute atomic E-state index is 0.152. The van der Waals surface area contributed by atoms with E-state index in [0.717, 1.165) is 51.9 Å². The first-order valence-corrected chi connectivity index (χ1v) is 9.53. The highest BCUT2D eigenvalue weighted by molar-refractivity contribution is 6.14. The Bertz CT molecular complexity index is 1250. The van der Waals surface area contributed by atoms with Gasteiger partial charge in [0.2, 0.25) is 0 Å². The number of pyridine rings is 2. The minimum atomic E-state index is -0.152. The first-order chi connectivity index (χ1) is 13.5. The Morgan fingerprint density at radius 3 is 2.75 bits per heavy atom. The van der Waals surface area contributed by atoms with Gasteiger partial charge in [-0.1, -0.05) is 18.2 Å². The third kappa shape index (κ3) is 2.72. The van der Waals surface area contributed by atoms with E-state index in [9.17, 15) is 4.79 Å². The van der Waals surface area contributed by atoms with Gasteiger partial charge in [-0.3, -0.25) is 14.5 Å². The number of carbonyl (C=O) groups excluding carboxylic acids is 1. The van der Waals surface area contributed by atoms with Crippen molar-refractivity contribution < 1.29 is 4.79 Å². The fourth-order valence-corrected chi connectivity index (χ4v) is 3.77. The maximum Gasteiger partial charge on any atom is 0.256 e. The number of aromatic nitrogens is 4. The van der Waals surface area contributed by atoms with Gasteiger partial charge < -0.3 is 5.32 Å². The molecule has 4 aromatic rings. The highest BCUT2D eigenvalue weighted by Gasteiger charge is 2.28. The number of benzene rings is 1. The number of nitrogens with zero attached hydrogens (tertiary/aromatic N) is 4. The van der Waals surface area contributed by atoms with Crippen LogP contribution in [0.3, 0.4) is 0 Å². The van der Waals surface area contributed by atoms with Gasteiger partial charge >= 0.3 is 0 Å². The fourth-order valence-electron chi connectivity index (χ4n) is 3.77. The van der Waals surface area contributed by atoms with Gasteiger partial charge in [0.25, 0.3) is 5.91 Å². The van der Waals surface area contributed by atoms with Gasteiger partial charge in [0, 0.05) is 29.7 Å². The number of para-hydroxylation sites is 1. The summed E-state index contributed by atoms with van der Waals surface area (Å²) < 4.78 is 1.76. The Balaban J connectivity index is 1.63. The molecule has 6 heteroatoms. The molecule has 0 spiro atoms. The Labute approximate surface area is 162 Å². The largest absolute Gasteiger partial charge is 0.320 e. The zero-order valence-corrected chi connectivity index (χ0v) is 16.2. The zero-order chi connectivity index (χ0) is 19.4. The predicted molar refractivity (Wildman–Crippen MR) is 110 cm³/mol. The lowest BCUT2D eigenvalue weighted by Gasteiger charge is -2.11. The molecule has 0 bridgehead atoms. The average Bonchev–Trinajstić information content (AvgIpc) is 3.48. The smallest absolute Gasteiger partial charge is 0.256 e. The normalized spacial score (nSPS) is 14.0. The molecule has 0 radical (unpaired) electrons. The maximum absolute atomic E-state index is 13.3. The number of nitrogens with one attached hydrogen (secondary N) is 1. The summed E-state index contributed by atoms with van der Waals surface area (Å²) in [6, 6.07) is 11.8. The van der Waals surface area contributed by atoms with Crippen molar-refractivity contribution in [2.75, 3.05) is 5.32 Å². The van der Waals surface area contributed by atoms with Crippen molar-refractivity contribution in [3.63, 3.8) is 0 Å². The van der Waals surface area contributed by atoms with Crippen LogP contribution < -0.4 is 5.32 Å². The van der Waals surface area contributed by atoms with Gasteiger partial charge in [-0.05, 0) is 44.9 Å². The Morgan fingerprint density at radius 1 is 1.14 bits per heavy atom. The topological polar surface area (TPSA) is 72.7 Å². The summed E-state index contributed by atoms with van der Waals surface area (Å²) in [6.45, 7) is 3.87. The Kier molecular flexibility index (Phi) is 3.69. The summed E-state index contributed by atoms with van der Waals surface area (Å²) in [5, 5.41) is 9.38. The number of carbonyl (C=O) groups is 1. The van der Waals surface area contributed by atoms with E-state index in [1.807, 2.05) is 57.3 Å². The lowest BCUT2D eigenvalue weighted by atomic mass is 10.1. The van der Waals surface area contributed by atoms with Gasteiger partial charge in [-0.15, -0.1) is 0 Å².